The highest BCUT2D eigenvalue weighted by atomic mass is 35.5. The summed E-state index contributed by atoms with van der Waals surface area (Å²) in [4.78, 5) is 25.1. The molecule has 2 N–H and O–H groups in total. The smallest absolute Gasteiger partial charge is 0.319 e. The fourth-order valence-electron chi connectivity index (χ4n) is 2.72. The maximum Gasteiger partial charge on any atom is 0.319 e. The van der Waals surface area contributed by atoms with Gasteiger partial charge in [0.15, 0.2) is 5.82 Å². The van der Waals surface area contributed by atoms with Crippen molar-refractivity contribution in [3.63, 3.8) is 0 Å². The number of nitrogens with zero attached hydrogens (tertiary/aromatic N) is 5. The molecule has 0 bridgehead atoms. The summed E-state index contributed by atoms with van der Waals surface area (Å²) in [5, 5.41) is 10.3. The maximum atomic E-state index is 12.6. The van der Waals surface area contributed by atoms with Crippen LogP contribution in [0, 0.1) is 5.41 Å². The Kier molecular flexibility index (Phi) is 7.52. The molecular weight excluding hydrogens is 453 g/mol. The van der Waals surface area contributed by atoms with E-state index in [0.29, 0.717) is 39.9 Å². The molecule has 3 aromatic rings. The van der Waals surface area contributed by atoms with E-state index in [9.17, 15) is 4.79 Å². The first-order valence-corrected chi connectivity index (χ1v) is 10.8. The number of hydrogen-bond acceptors (Lipinski definition) is 6. The van der Waals surface area contributed by atoms with E-state index in [2.05, 4.69) is 51.5 Å². The number of halogens is 2. The minimum Gasteiger partial charge on any atom is -0.492 e. The van der Waals surface area contributed by atoms with Crippen LogP contribution in [0.3, 0.4) is 0 Å². The second-order valence-corrected chi connectivity index (χ2v) is 9.13. The second-order valence-electron chi connectivity index (χ2n) is 8.32. The highest BCUT2D eigenvalue weighted by Gasteiger charge is 2.19. The van der Waals surface area contributed by atoms with Gasteiger partial charge in [0.25, 0.3) is 5.95 Å². The number of carbonyl (C=O) groups is 1. The van der Waals surface area contributed by atoms with Gasteiger partial charge in [0.1, 0.15) is 12.1 Å². The van der Waals surface area contributed by atoms with Crippen LogP contribution in [0.5, 0.6) is 5.75 Å². The van der Waals surface area contributed by atoms with Gasteiger partial charge >= 0.3 is 6.03 Å². The van der Waals surface area contributed by atoms with Gasteiger partial charge in [-0.15, -0.1) is 0 Å². The van der Waals surface area contributed by atoms with Crippen LogP contribution in [-0.4, -0.2) is 37.4 Å². The summed E-state index contributed by atoms with van der Waals surface area (Å²) in [5.74, 6) is 1.27. The number of urea groups is 1. The van der Waals surface area contributed by atoms with Crippen LogP contribution < -0.4 is 15.4 Å². The number of aromatic nitrogens is 5. The maximum absolute atomic E-state index is 12.6. The lowest BCUT2D eigenvalue weighted by molar-refractivity contribution is 0.243. The number of benzene rings is 1. The lowest BCUT2D eigenvalue weighted by Crippen LogP contribution is -2.32. The lowest BCUT2D eigenvalue weighted by Gasteiger charge is -2.19. The Morgan fingerprint density at radius 3 is 2.56 bits per heavy atom. The highest BCUT2D eigenvalue weighted by Crippen LogP contribution is 2.35. The molecule has 3 rings (SSSR count). The molecule has 0 spiro atoms. The Bertz CT molecular complexity index is 1070. The van der Waals surface area contributed by atoms with Crippen LogP contribution in [0.2, 0.25) is 10.0 Å². The lowest BCUT2D eigenvalue weighted by atomic mass is 9.93. The third-order valence-corrected chi connectivity index (χ3v) is 5.04. The van der Waals surface area contributed by atoms with E-state index in [4.69, 9.17) is 27.9 Å². The first-order valence-electron chi connectivity index (χ1n) is 10.0. The van der Waals surface area contributed by atoms with Crippen molar-refractivity contribution in [2.24, 2.45) is 5.41 Å². The van der Waals surface area contributed by atoms with Crippen LogP contribution in [0.1, 0.15) is 46.0 Å². The minimum atomic E-state index is -0.491. The number of ether oxygens (including phenoxy) is 1. The Hall–Kier alpha value is -2.91. The highest BCUT2D eigenvalue weighted by molar-refractivity contribution is 6.37. The van der Waals surface area contributed by atoms with Crippen LogP contribution >= 0.6 is 23.2 Å². The number of anilines is 1. The van der Waals surface area contributed by atoms with Crippen molar-refractivity contribution in [2.45, 2.75) is 40.2 Å². The Balaban J connectivity index is 1.67. The zero-order chi connectivity index (χ0) is 23.3. The van der Waals surface area contributed by atoms with Crippen molar-refractivity contribution in [1.82, 2.24) is 30.0 Å². The van der Waals surface area contributed by atoms with E-state index in [0.717, 1.165) is 6.42 Å². The molecule has 0 unspecified atom stereocenters. The van der Waals surface area contributed by atoms with Crippen molar-refractivity contribution in [2.75, 3.05) is 11.9 Å². The van der Waals surface area contributed by atoms with Gasteiger partial charge < -0.3 is 15.4 Å². The fraction of sp³-hybridized carbons (Fsp3) is 0.381. The molecule has 0 fully saturated rings. The summed E-state index contributed by atoms with van der Waals surface area (Å²) in [7, 11) is 0. The average Bonchev–Trinajstić information content (AvgIpc) is 3.21. The van der Waals surface area contributed by atoms with Crippen molar-refractivity contribution in [3.8, 4) is 11.7 Å². The third-order valence-electron chi connectivity index (χ3n) is 4.43. The molecule has 32 heavy (non-hydrogen) atoms. The van der Waals surface area contributed by atoms with Gasteiger partial charge in [-0.25, -0.2) is 19.7 Å². The van der Waals surface area contributed by atoms with E-state index < -0.39 is 12.1 Å². The van der Waals surface area contributed by atoms with Crippen molar-refractivity contribution < 1.29 is 9.53 Å². The summed E-state index contributed by atoms with van der Waals surface area (Å²) < 4.78 is 7.26. The second kappa shape index (κ2) is 10.1. The third kappa shape index (κ3) is 6.30. The average molecular weight is 478 g/mol. The number of nitrogens with one attached hydrogen (secondary N) is 2. The molecule has 0 radical (unpaired) electrons. The van der Waals surface area contributed by atoms with Gasteiger partial charge in [-0.3, -0.25) is 0 Å². The van der Waals surface area contributed by atoms with Gasteiger partial charge in [0.2, 0.25) is 0 Å². The first-order chi connectivity index (χ1) is 15.1. The number of amides is 2. The largest absolute Gasteiger partial charge is 0.492 e. The van der Waals surface area contributed by atoms with Crippen LogP contribution in [-0.2, 0) is 0 Å². The number of rotatable bonds is 7. The predicted molar refractivity (Wildman–Crippen MR) is 124 cm³/mol. The van der Waals surface area contributed by atoms with Crippen LogP contribution in [0.4, 0.5) is 10.5 Å². The summed E-state index contributed by atoms with van der Waals surface area (Å²) in [5.41, 5.74) is 0.501. The normalized spacial score (nSPS) is 12.3. The Labute approximate surface area is 196 Å². The molecule has 0 aliphatic rings. The van der Waals surface area contributed by atoms with E-state index in [1.54, 1.807) is 31.5 Å². The molecule has 9 nitrogen and oxygen atoms in total. The van der Waals surface area contributed by atoms with Gasteiger partial charge in [-0.2, -0.15) is 9.78 Å². The zero-order valence-electron chi connectivity index (χ0n) is 18.3. The minimum absolute atomic E-state index is 0.126. The molecule has 2 amide bonds. The molecular formula is C21H25Cl2N7O2. The van der Waals surface area contributed by atoms with E-state index >= 15 is 0 Å². The topological polar surface area (TPSA) is 107 Å². The van der Waals surface area contributed by atoms with E-state index in [1.165, 1.54) is 17.1 Å². The Morgan fingerprint density at radius 1 is 1.16 bits per heavy atom. The quantitative estimate of drug-likeness (QED) is 0.492. The molecule has 0 aliphatic heterocycles. The number of carbonyl (C=O) groups excluding carboxylic acids is 1. The summed E-state index contributed by atoms with van der Waals surface area (Å²) in [6, 6.07) is 3.88. The zero-order valence-corrected chi connectivity index (χ0v) is 19.8. The summed E-state index contributed by atoms with van der Waals surface area (Å²) in [6.07, 6.45) is 5.42. The number of hydrogen-bond donors (Lipinski definition) is 2. The molecule has 0 saturated heterocycles. The van der Waals surface area contributed by atoms with Crippen molar-refractivity contribution in [1.29, 1.82) is 0 Å². The monoisotopic (exact) mass is 477 g/mol. The Morgan fingerprint density at radius 2 is 1.88 bits per heavy atom. The molecule has 11 heteroatoms. The standard InChI is InChI=1S/C21H25Cl2N7O2/c1-13(18-26-12-27-30(18)19-24-7-5-8-25-19)28-20(31)29-16-11-17(15(23)10-14(16)22)32-9-6-21(2,3)4/h5,7-8,10-13H,6,9H2,1-4H3,(H2,28,29,31)/t13-/m0/s1. The van der Waals surface area contributed by atoms with Crippen molar-refractivity contribution in [3.05, 3.63) is 52.8 Å². The van der Waals surface area contributed by atoms with Crippen LogP contribution in [0.25, 0.3) is 5.95 Å². The van der Waals surface area contributed by atoms with Gasteiger partial charge in [0, 0.05) is 18.5 Å². The fourth-order valence-corrected chi connectivity index (χ4v) is 3.21. The first kappa shape index (κ1) is 23.7. The van der Waals surface area contributed by atoms with Crippen molar-refractivity contribution >= 4 is 34.9 Å². The molecule has 2 heterocycles. The molecule has 170 valence electrons. The summed E-state index contributed by atoms with van der Waals surface area (Å²) >= 11 is 12.5. The van der Waals surface area contributed by atoms with Gasteiger partial charge in [-0.1, -0.05) is 44.0 Å². The SMILES string of the molecule is C[C@H](NC(=O)Nc1cc(OCCC(C)(C)C)c(Cl)cc1Cl)c1ncnn1-c1ncccn1. The van der Waals surface area contributed by atoms with Crippen LogP contribution in [0.15, 0.2) is 36.9 Å². The van der Waals surface area contributed by atoms with E-state index in [1.807, 2.05) is 0 Å². The van der Waals surface area contributed by atoms with Gasteiger partial charge in [-0.05, 0) is 30.9 Å². The summed E-state index contributed by atoms with van der Waals surface area (Å²) in [6.45, 7) is 8.65. The predicted octanol–water partition coefficient (Wildman–Crippen LogP) is 5.06. The molecule has 0 aliphatic carbocycles. The molecule has 1 aromatic carbocycles. The molecule has 0 saturated carbocycles. The van der Waals surface area contributed by atoms with E-state index in [-0.39, 0.29) is 5.41 Å². The van der Waals surface area contributed by atoms with Gasteiger partial charge in [0.05, 0.1) is 28.4 Å². The molecule has 1 atom stereocenters. The molecule has 2 aromatic heterocycles.